The Morgan fingerprint density at radius 3 is 2.50 bits per heavy atom. The van der Waals surface area contributed by atoms with Crippen LogP contribution in [-0.4, -0.2) is 30.6 Å². The minimum absolute atomic E-state index is 0.108. The van der Waals surface area contributed by atoms with Crippen LogP contribution in [0.1, 0.15) is 23.0 Å². The van der Waals surface area contributed by atoms with E-state index < -0.39 is 15.9 Å². The molecular formula is C14H15FN2O4S. The second-order valence-corrected chi connectivity index (χ2v) is 6.27. The highest BCUT2D eigenvalue weighted by atomic mass is 32.2. The Morgan fingerprint density at radius 1 is 1.32 bits per heavy atom. The molecule has 0 saturated heterocycles. The zero-order valence-electron chi connectivity index (χ0n) is 12.1. The van der Waals surface area contributed by atoms with E-state index in [-0.39, 0.29) is 23.8 Å². The van der Waals surface area contributed by atoms with Crippen LogP contribution < -0.4 is 0 Å². The monoisotopic (exact) mass is 326 g/mol. The number of carbonyl (C=O) groups is 1. The van der Waals surface area contributed by atoms with Crippen molar-refractivity contribution in [2.24, 2.45) is 0 Å². The van der Waals surface area contributed by atoms with Crippen molar-refractivity contribution in [3.05, 3.63) is 47.5 Å². The molecule has 0 radical (unpaired) electrons. The normalized spacial score (nSPS) is 11.6. The predicted molar refractivity (Wildman–Crippen MR) is 76.5 cm³/mol. The summed E-state index contributed by atoms with van der Waals surface area (Å²) in [5.74, 6) is -0.633. The third-order valence-corrected chi connectivity index (χ3v) is 4.45. The van der Waals surface area contributed by atoms with Crippen molar-refractivity contribution in [2.75, 3.05) is 6.61 Å². The molecule has 0 saturated carbocycles. The van der Waals surface area contributed by atoms with Gasteiger partial charge < -0.3 is 0 Å². The number of rotatable bonds is 6. The lowest BCUT2D eigenvalue weighted by molar-refractivity contribution is 0.101. The molecule has 8 heteroatoms. The van der Waals surface area contributed by atoms with Gasteiger partial charge in [0.25, 0.3) is 10.1 Å². The van der Waals surface area contributed by atoms with Gasteiger partial charge in [0.2, 0.25) is 0 Å². The molecule has 1 aromatic carbocycles. The van der Waals surface area contributed by atoms with Gasteiger partial charge in [-0.1, -0.05) is 0 Å². The fourth-order valence-electron chi connectivity index (χ4n) is 1.92. The summed E-state index contributed by atoms with van der Waals surface area (Å²) >= 11 is 0. The molecule has 0 unspecified atom stereocenters. The Bertz CT molecular complexity index is 782. The SMILES string of the molecule is CC(=O)c1cnn(CCOS(=O)(=O)c2ccc(F)cc2)c1C. The Hall–Kier alpha value is -2.06. The molecule has 2 aromatic rings. The van der Waals surface area contributed by atoms with Crippen molar-refractivity contribution >= 4 is 15.9 Å². The van der Waals surface area contributed by atoms with Gasteiger partial charge >= 0.3 is 0 Å². The van der Waals surface area contributed by atoms with Crippen molar-refractivity contribution in [1.82, 2.24) is 9.78 Å². The maximum absolute atomic E-state index is 12.8. The average Bonchev–Trinajstić information content (AvgIpc) is 2.81. The van der Waals surface area contributed by atoms with E-state index in [9.17, 15) is 17.6 Å². The summed E-state index contributed by atoms with van der Waals surface area (Å²) in [6.45, 7) is 3.20. The van der Waals surface area contributed by atoms with Crippen LogP contribution in [0.25, 0.3) is 0 Å². The molecule has 0 amide bonds. The number of nitrogens with zero attached hydrogens (tertiary/aromatic N) is 2. The van der Waals surface area contributed by atoms with Gasteiger partial charge in [-0.3, -0.25) is 13.7 Å². The highest BCUT2D eigenvalue weighted by Crippen LogP contribution is 2.13. The van der Waals surface area contributed by atoms with Crippen LogP contribution in [0.5, 0.6) is 0 Å². The van der Waals surface area contributed by atoms with E-state index in [1.807, 2.05) is 0 Å². The maximum Gasteiger partial charge on any atom is 0.297 e. The predicted octanol–water partition coefficient (Wildman–Crippen LogP) is 1.94. The van der Waals surface area contributed by atoms with E-state index in [1.165, 1.54) is 17.8 Å². The number of hydrogen-bond donors (Lipinski definition) is 0. The Kier molecular flexibility index (Phi) is 4.72. The molecular weight excluding hydrogens is 311 g/mol. The summed E-state index contributed by atoms with van der Waals surface area (Å²) in [6, 6.07) is 4.37. The zero-order chi connectivity index (χ0) is 16.3. The number of hydrogen-bond acceptors (Lipinski definition) is 5. The summed E-state index contributed by atoms with van der Waals surface area (Å²) in [7, 11) is -3.94. The van der Waals surface area contributed by atoms with E-state index >= 15 is 0 Å². The van der Waals surface area contributed by atoms with Crippen LogP contribution in [0.4, 0.5) is 4.39 Å². The molecule has 0 bridgehead atoms. The lowest BCUT2D eigenvalue weighted by atomic mass is 10.2. The Morgan fingerprint density at radius 2 is 1.95 bits per heavy atom. The quantitative estimate of drug-likeness (QED) is 0.599. The third-order valence-electron chi connectivity index (χ3n) is 3.13. The molecule has 0 aliphatic rings. The van der Waals surface area contributed by atoms with Crippen molar-refractivity contribution in [1.29, 1.82) is 0 Å². The molecule has 0 aliphatic carbocycles. The molecule has 1 aromatic heterocycles. The fourth-order valence-corrected chi connectivity index (χ4v) is 2.82. The highest BCUT2D eigenvalue weighted by molar-refractivity contribution is 7.86. The van der Waals surface area contributed by atoms with Gasteiger partial charge in [0.15, 0.2) is 5.78 Å². The van der Waals surface area contributed by atoms with Gasteiger partial charge in [-0.25, -0.2) is 4.39 Å². The summed E-state index contributed by atoms with van der Waals surface area (Å²) in [5.41, 5.74) is 1.14. The Labute approximate surface area is 127 Å². The lowest BCUT2D eigenvalue weighted by Gasteiger charge is -2.07. The van der Waals surface area contributed by atoms with Crippen LogP contribution in [0, 0.1) is 12.7 Å². The second-order valence-electron chi connectivity index (χ2n) is 4.65. The van der Waals surface area contributed by atoms with E-state index in [4.69, 9.17) is 4.18 Å². The maximum atomic E-state index is 12.8. The molecule has 2 rings (SSSR count). The van der Waals surface area contributed by atoms with Crippen molar-refractivity contribution in [3.8, 4) is 0 Å². The van der Waals surface area contributed by atoms with Crippen LogP contribution >= 0.6 is 0 Å². The summed E-state index contributed by atoms with van der Waals surface area (Å²) in [6.07, 6.45) is 1.44. The number of benzene rings is 1. The molecule has 0 spiro atoms. The number of carbonyl (C=O) groups excluding carboxylic acids is 1. The van der Waals surface area contributed by atoms with E-state index in [0.717, 1.165) is 24.3 Å². The van der Waals surface area contributed by atoms with E-state index in [0.29, 0.717) is 11.3 Å². The van der Waals surface area contributed by atoms with Crippen LogP contribution in [0.15, 0.2) is 35.4 Å². The third kappa shape index (κ3) is 3.58. The van der Waals surface area contributed by atoms with Crippen LogP contribution in [0.2, 0.25) is 0 Å². The standard InChI is InChI=1S/C14H15FN2O4S/c1-10-14(11(2)18)9-16-17(10)7-8-21-22(19,20)13-5-3-12(15)4-6-13/h3-6,9H,7-8H2,1-2H3. The van der Waals surface area contributed by atoms with E-state index in [1.54, 1.807) is 6.92 Å². The first-order valence-corrected chi connectivity index (χ1v) is 7.90. The lowest BCUT2D eigenvalue weighted by Crippen LogP contribution is -2.14. The van der Waals surface area contributed by atoms with Gasteiger partial charge in [0.05, 0.1) is 29.8 Å². The van der Waals surface area contributed by atoms with Gasteiger partial charge in [0.1, 0.15) is 5.82 Å². The molecule has 22 heavy (non-hydrogen) atoms. The van der Waals surface area contributed by atoms with E-state index in [2.05, 4.69) is 5.10 Å². The second kappa shape index (κ2) is 6.37. The zero-order valence-corrected chi connectivity index (χ0v) is 12.9. The number of ketones is 1. The number of aromatic nitrogens is 2. The average molecular weight is 326 g/mol. The van der Waals surface area contributed by atoms with Crippen LogP contribution in [-0.2, 0) is 20.8 Å². The highest BCUT2D eigenvalue weighted by Gasteiger charge is 2.16. The summed E-state index contributed by atoms with van der Waals surface area (Å²) < 4.78 is 43.0. The Balaban J connectivity index is 2.01. The molecule has 118 valence electrons. The first kappa shape index (κ1) is 16.3. The van der Waals surface area contributed by atoms with Crippen molar-refractivity contribution in [2.45, 2.75) is 25.3 Å². The first-order chi connectivity index (χ1) is 10.3. The van der Waals surface area contributed by atoms with Gasteiger partial charge in [-0.15, -0.1) is 0 Å². The summed E-state index contributed by atoms with van der Waals surface area (Å²) in [5, 5.41) is 4.01. The smallest absolute Gasteiger partial charge is 0.294 e. The van der Waals surface area contributed by atoms with Gasteiger partial charge in [-0.05, 0) is 38.1 Å². The van der Waals surface area contributed by atoms with Crippen molar-refractivity contribution in [3.63, 3.8) is 0 Å². The van der Waals surface area contributed by atoms with Crippen molar-refractivity contribution < 1.29 is 21.8 Å². The topological polar surface area (TPSA) is 78.3 Å². The molecule has 6 nitrogen and oxygen atoms in total. The van der Waals surface area contributed by atoms with Gasteiger partial charge in [0, 0.05) is 5.69 Å². The molecule has 0 N–H and O–H groups in total. The first-order valence-electron chi connectivity index (χ1n) is 6.49. The minimum Gasteiger partial charge on any atom is -0.294 e. The summed E-state index contributed by atoms with van der Waals surface area (Å²) in [4.78, 5) is 11.2. The number of Topliss-reactive ketones (excluding diaryl/α,β-unsaturated/α-hetero) is 1. The molecule has 0 aliphatic heterocycles. The van der Waals surface area contributed by atoms with Gasteiger partial charge in [-0.2, -0.15) is 13.5 Å². The van der Waals surface area contributed by atoms with Crippen LogP contribution in [0.3, 0.4) is 0 Å². The molecule has 1 heterocycles. The minimum atomic E-state index is -3.94. The molecule has 0 atom stereocenters. The largest absolute Gasteiger partial charge is 0.297 e. The fraction of sp³-hybridized carbons (Fsp3) is 0.286. The molecule has 0 fully saturated rings. The number of halogens is 1.